The Kier molecular flexibility index (Phi) is 6.40. The summed E-state index contributed by atoms with van der Waals surface area (Å²) in [6, 6.07) is 7.69. The highest BCUT2D eigenvalue weighted by atomic mass is 16.5. The Morgan fingerprint density at radius 3 is 2.89 bits per heavy atom. The Morgan fingerprint density at radius 1 is 1.33 bits per heavy atom. The predicted octanol–water partition coefficient (Wildman–Crippen LogP) is 2.62. The van der Waals surface area contributed by atoms with Gasteiger partial charge in [0.2, 0.25) is 0 Å². The van der Waals surface area contributed by atoms with Crippen molar-refractivity contribution in [3.8, 4) is 5.75 Å². The Balaban J connectivity index is 2.39. The van der Waals surface area contributed by atoms with Gasteiger partial charge >= 0.3 is 5.97 Å². The van der Waals surface area contributed by atoms with E-state index in [1.54, 1.807) is 13.0 Å². The summed E-state index contributed by atoms with van der Waals surface area (Å²) >= 11 is 0. The zero-order valence-corrected chi connectivity index (χ0v) is 10.8. The first-order chi connectivity index (χ1) is 8.76. The number of hydrogen-bond donors (Lipinski definition) is 1. The fourth-order valence-electron chi connectivity index (χ4n) is 1.38. The van der Waals surface area contributed by atoms with E-state index >= 15 is 0 Å². The number of esters is 1. The van der Waals surface area contributed by atoms with E-state index in [0.29, 0.717) is 19.8 Å². The molecule has 0 aliphatic heterocycles. The third-order valence-corrected chi connectivity index (χ3v) is 2.11. The summed E-state index contributed by atoms with van der Waals surface area (Å²) in [5, 5.41) is 3.17. The number of anilines is 1. The lowest BCUT2D eigenvalue weighted by molar-refractivity contribution is -0.137. The summed E-state index contributed by atoms with van der Waals surface area (Å²) in [5.41, 5.74) is 0.953. The molecule has 0 heterocycles. The van der Waals surface area contributed by atoms with Gasteiger partial charge in [-0.3, -0.25) is 0 Å². The molecule has 4 nitrogen and oxygen atoms in total. The Hall–Kier alpha value is -1.97. The number of nitrogens with one attached hydrogen (secondary N) is 1. The molecule has 0 aliphatic carbocycles. The van der Waals surface area contributed by atoms with Crippen LogP contribution in [0.25, 0.3) is 0 Å². The highest BCUT2D eigenvalue weighted by Gasteiger charge is 1.95. The molecular weight excluding hydrogens is 230 g/mol. The SMILES string of the molecule is CCOC(=O)/C=C/CNc1cccc(OCC)c1. The van der Waals surface area contributed by atoms with E-state index in [1.165, 1.54) is 6.08 Å². The van der Waals surface area contributed by atoms with Crippen molar-refractivity contribution in [2.24, 2.45) is 0 Å². The van der Waals surface area contributed by atoms with Crippen molar-refractivity contribution in [3.63, 3.8) is 0 Å². The van der Waals surface area contributed by atoms with E-state index in [0.717, 1.165) is 11.4 Å². The van der Waals surface area contributed by atoms with Gasteiger partial charge in [-0.2, -0.15) is 0 Å². The largest absolute Gasteiger partial charge is 0.494 e. The first-order valence-corrected chi connectivity index (χ1v) is 6.06. The van der Waals surface area contributed by atoms with Crippen LogP contribution in [0.5, 0.6) is 5.75 Å². The van der Waals surface area contributed by atoms with E-state index in [1.807, 2.05) is 31.2 Å². The van der Waals surface area contributed by atoms with E-state index in [-0.39, 0.29) is 5.97 Å². The highest BCUT2D eigenvalue weighted by Crippen LogP contribution is 2.16. The van der Waals surface area contributed by atoms with Gasteiger partial charge in [0.05, 0.1) is 13.2 Å². The molecule has 0 aromatic heterocycles. The van der Waals surface area contributed by atoms with Gasteiger partial charge in [-0.15, -0.1) is 0 Å². The van der Waals surface area contributed by atoms with Crippen LogP contribution in [0.2, 0.25) is 0 Å². The lowest BCUT2D eigenvalue weighted by atomic mass is 10.3. The summed E-state index contributed by atoms with van der Waals surface area (Å²) in [7, 11) is 0. The summed E-state index contributed by atoms with van der Waals surface area (Å²) in [6.07, 6.45) is 3.15. The van der Waals surface area contributed by atoms with Gasteiger partial charge in [0.1, 0.15) is 5.75 Å². The van der Waals surface area contributed by atoms with Crippen molar-refractivity contribution in [1.29, 1.82) is 0 Å². The molecular formula is C14H19NO3. The molecule has 18 heavy (non-hydrogen) atoms. The topological polar surface area (TPSA) is 47.6 Å². The molecule has 0 radical (unpaired) electrons. The van der Waals surface area contributed by atoms with Crippen LogP contribution in [0.1, 0.15) is 13.8 Å². The first-order valence-electron chi connectivity index (χ1n) is 6.06. The molecule has 0 fully saturated rings. The zero-order valence-electron chi connectivity index (χ0n) is 10.8. The number of rotatable bonds is 7. The third-order valence-electron chi connectivity index (χ3n) is 2.11. The maximum atomic E-state index is 11.0. The quantitative estimate of drug-likeness (QED) is 0.596. The number of benzene rings is 1. The fraction of sp³-hybridized carbons (Fsp3) is 0.357. The molecule has 1 aromatic rings. The molecule has 0 bridgehead atoms. The Morgan fingerprint density at radius 2 is 2.17 bits per heavy atom. The van der Waals surface area contributed by atoms with Crippen molar-refractivity contribution in [2.45, 2.75) is 13.8 Å². The van der Waals surface area contributed by atoms with Gasteiger partial charge in [0.15, 0.2) is 0 Å². The molecule has 0 amide bonds. The maximum Gasteiger partial charge on any atom is 0.330 e. The molecule has 0 saturated heterocycles. The number of ether oxygens (including phenoxy) is 2. The van der Waals surface area contributed by atoms with E-state index in [9.17, 15) is 4.79 Å². The molecule has 1 rings (SSSR count). The van der Waals surface area contributed by atoms with Crippen LogP contribution < -0.4 is 10.1 Å². The minimum Gasteiger partial charge on any atom is -0.494 e. The third kappa shape index (κ3) is 5.39. The monoisotopic (exact) mass is 249 g/mol. The summed E-state index contributed by atoms with van der Waals surface area (Å²) in [4.78, 5) is 11.0. The molecule has 0 aliphatic rings. The van der Waals surface area contributed by atoms with Crippen molar-refractivity contribution < 1.29 is 14.3 Å². The van der Waals surface area contributed by atoms with Crippen molar-refractivity contribution in [1.82, 2.24) is 0 Å². The number of carbonyl (C=O) groups is 1. The van der Waals surface area contributed by atoms with E-state index in [4.69, 9.17) is 9.47 Å². The van der Waals surface area contributed by atoms with Crippen molar-refractivity contribution in [2.75, 3.05) is 25.1 Å². The minimum absolute atomic E-state index is 0.317. The summed E-state index contributed by atoms with van der Waals surface area (Å²) < 4.78 is 10.2. The first kappa shape index (κ1) is 14.1. The minimum atomic E-state index is -0.317. The van der Waals surface area contributed by atoms with Gasteiger partial charge in [-0.25, -0.2) is 4.79 Å². The number of carbonyl (C=O) groups excluding carboxylic acids is 1. The van der Waals surface area contributed by atoms with Gasteiger partial charge in [-0.05, 0) is 26.0 Å². The Labute approximate surface area is 108 Å². The molecule has 0 unspecified atom stereocenters. The van der Waals surface area contributed by atoms with Gasteiger partial charge in [0.25, 0.3) is 0 Å². The second-order valence-corrected chi connectivity index (χ2v) is 3.50. The normalized spacial score (nSPS) is 10.3. The maximum absolute atomic E-state index is 11.0. The van der Waals surface area contributed by atoms with Crippen LogP contribution in [-0.4, -0.2) is 25.7 Å². The van der Waals surface area contributed by atoms with E-state index in [2.05, 4.69) is 5.32 Å². The lowest BCUT2D eigenvalue weighted by Crippen LogP contribution is -2.02. The predicted molar refractivity (Wildman–Crippen MR) is 71.9 cm³/mol. The molecule has 0 spiro atoms. The standard InChI is InChI=1S/C14H19NO3/c1-3-17-13-8-5-7-12(11-13)15-10-6-9-14(16)18-4-2/h5-9,11,15H,3-4,10H2,1-2H3/b9-6+. The zero-order chi connectivity index (χ0) is 13.2. The molecule has 0 atom stereocenters. The van der Waals surface area contributed by atoms with Crippen molar-refractivity contribution in [3.05, 3.63) is 36.4 Å². The lowest BCUT2D eigenvalue weighted by Gasteiger charge is -2.06. The fourth-order valence-corrected chi connectivity index (χ4v) is 1.38. The summed E-state index contributed by atoms with van der Waals surface area (Å²) in [6.45, 7) is 5.33. The van der Waals surface area contributed by atoms with E-state index < -0.39 is 0 Å². The Bertz CT molecular complexity index is 402. The van der Waals surface area contributed by atoms with Crippen LogP contribution >= 0.6 is 0 Å². The second kappa shape index (κ2) is 8.17. The second-order valence-electron chi connectivity index (χ2n) is 3.50. The van der Waals surface area contributed by atoms with Crippen LogP contribution in [0.4, 0.5) is 5.69 Å². The molecule has 1 aromatic carbocycles. The van der Waals surface area contributed by atoms with Crippen molar-refractivity contribution >= 4 is 11.7 Å². The van der Waals surface area contributed by atoms with Crippen LogP contribution in [0.3, 0.4) is 0 Å². The average molecular weight is 249 g/mol. The molecule has 98 valence electrons. The molecule has 1 N–H and O–H groups in total. The van der Waals surface area contributed by atoms with Gasteiger partial charge in [-0.1, -0.05) is 12.1 Å². The van der Waals surface area contributed by atoms with Gasteiger partial charge in [0, 0.05) is 24.4 Å². The molecule has 0 saturated carbocycles. The van der Waals surface area contributed by atoms with Crippen LogP contribution in [0, 0.1) is 0 Å². The highest BCUT2D eigenvalue weighted by molar-refractivity contribution is 5.81. The molecule has 4 heteroatoms. The van der Waals surface area contributed by atoms with Crippen LogP contribution in [-0.2, 0) is 9.53 Å². The summed E-state index contributed by atoms with van der Waals surface area (Å²) in [5.74, 6) is 0.513. The van der Waals surface area contributed by atoms with Gasteiger partial charge < -0.3 is 14.8 Å². The van der Waals surface area contributed by atoms with Crippen LogP contribution in [0.15, 0.2) is 36.4 Å². The smallest absolute Gasteiger partial charge is 0.330 e. The number of hydrogen-bond acceptors (Lipinski definition) is 4. The average Bonchev–Trinajstić information content (AvgIpc) is 2.36.